The smallest absolute Gasteiger partial charge is 0.189 e. The van der Waals surface area contributed by atoms with Gasteiger partial charge in [-0.05, 0) is 49.8 Å². The molecule has 3 aromatic rings. The Hall–Kier alpha value is -2.65. The van der Waals surface area contributed by atoms with Crippen LogP contribution in [0.1, 0.15) is 12.5 Å². The molecule has 0 fully saturated rings. The minimum Gasteiger partial charge on any atom is -0.491 e. The first-order chi connectivity index (χ1) is 13.6. The van der Waals surface area contributed by atoms with Gasteiger partial charge in [0.05, 0.1) is 12.3 Å². The normalized spacial score (nSPS) is 10.5. The van der Waals surface area contributed by atoms with E-state index in [0.717, 1.165) is 11.3 Å². The first kappa shape index (κ1) is 20.1. The van der Waals surface area contributed by atoms with Gasteiger partial charge in [0.25, 0.3) is 0 Å². The summed E-state index contributed by atoms with van der Waals surface area (Å²) >= 11 is 6.63. The molecule has 0 aliphatic rings. The Morgan fingerprint density at radius 2 is 2.14 bits per heavy atom. The quantitative estimate of drug-likeness (QED) is 0.552. The number of thiocarbonyl (C=S) groups is 1. The Balaban J connectivity index is 1.54. The van der Waals surface area contributed by atoms with E-state index in [1.165, 1.54) is 23.5 Å². The van der Waals surface area contributed by atoms with Gasteiger partial charge >= 0.3 is 0 Å². The van der Waals surface area contributed by atoms with E-state index >= 15 is 0 Å². The molecule has 0 saturated carbocycles. The number of hydrogen-bond acceptors (Lipinski definition) is 5. The van der Waals surface area contributed by atoms with Crippen LogP contribution in [0.5, 0.6) is 5.75 Å². The molecule has 0 spiro atoms. The number of nitrogens with one attached hydrogen (secondary N) is 2. The Morgan fingerprint density at radius 1 is 1.29 bits per heavy atom. The number of thiazole rings is 1. The number of nitrogens with zero attached hydrogens (tertiary/aromatic N) is 2. The first-order valence-electron chi connectivity index (χ1n) is 8.59. The fourth-order valence-electron chi connectivity index (χ4n) is 2.49. The molecule has 28 heavy (non-hydrogen) atoms. The van der Waals surface area contributed by atoms with Crippen LogP contribution < -0.4 is 15.4 Å². The minimum atomic E-state index is -0.677. The van der Waals surface area contributed by atoms with Crippen molar-refractivity contribution in [1.82, 2.24) is 15.3 Å². The lowest BCUT2D eigenvalue weighted by Gasteiger charge is -2.12. The number of halogens is 2. The van der Waals surface area contributed by atoms with Crippen LogP contribution in [0.3, 0.4) is 0 Å². The Morgan fingerprint density at radius 3 is 2.89 bits per heavy atom. The largest absolute Gasteiger partial charge is 0.491 e. The average Bonchev–Trinajstić information content (AvgIpc) is 3.16. The average molecular weight is 421 g/mol. The van der Waals surface area contributed by atoms with Gasteiger partial charge in [-0.3, -0.25) is 4.98 Å². The van der Waals surface area contributed by atoms with Crippen molar-refractivity contribution in [2.24, 2.45) is 0 Å². The van der Waals surface area contributed by atoms with Crippen LogP contribution in [0.4, 0.5) is 13.9 Å². The maximum Gasteiger partial charge on any atom is 0.189 e. The second-order valence-electron chi connectivity index (χ2n) is 5.68. The van der Waals surface area contributed by atoms with Gasteiger partial charge in [-0.1, -0.05) is 0 Å². The van der Waals surface area contributed by atoms with E-state index in [2.05, 4.69) is 20.6 Å². The van der Waals surface area contributed by atoms with Gasteiger partial charge in [-0.25, -0.2) is 13.8 Å². The Kier molecular flexibility index (Phi) is 6.83. The van der Waals surface area contributed by atoms with Gasteiger partial charge in [0.2, 0.25) is 0 Å². The SMILES string of the molecule is CCOc1ccc(F)c(CCNC(=S)Nc2nc(-c3cccnc3)cs2)c1F. The van der Waals surface area contributed by atoms with E-state index in [4.69, 9.17) is 17.0 Å². The zero-order valence-corrected chi connectivity index (χ0v) is 16.7. The molecule has 0 bridgehead atoms. The lowest BCUT2D eigenvalue weighted by atomic mass is 10.1. The van der Waals surface area contributed by atoms with E-state index in [-0.39, 0.29) is 24.3 Å². The lowest BCUT2D eigenvalue weighted by Crippen LogP contribution is -2.30. The van der Waals surface area contributed by atoms with Crippen molar-refractivity contribution in [3.63, 3.8) is 0 Å². The van der Waals surface area contributed by atoms with E-state index in [1.807, 2.05) is 17.5 Å². The third-order valence-electron chi connectivity index (χ3n) is 3.79. The second-order valence-corrected chi connectivity index (χ2v) is 6.95. The van der Waals surface area contributed by atoms with Crippen LogP contribution in [0, 0.1) is 11.6 Å². The number of anilines is 1. The molecule has 0 radical (unpaired) electrons. The topological polar surface area (TPSA) is 59.1 Å². The summed E-state index contributed by atoms with van der Waals surface area (Å²) in [6.07, 6.45) is 3.55. The summed E-state index contributed by atoms with van der Waals surface area (Å²) < 4.78 is 33.4. The van der Waals surface area contributed by atoms with Crippen LogP contribution in [0.2, 0.25) is 0 Å². The number of aromatic nitrogens is 2. The number of rotatable bonds is 7. The maximum absolute atomic E-state index is 14.3. The third kappa shape index (κ3) is 4.99. The first-order valence-corrected chi connectivity index (χ1v) is 9.87. The summed E-state index contributed by atoms with van der Waals surface area (Å²) in [7, 11) is 0. The summed E-state index contributed by atoms with van der Waals surface area (Å²) in [4.78, 5) is 8.52. The number of hydrogen-bond donors (Lipinski definition) is 2. The van der Waals surface area contributed by atoms with Crippen molar-refractivity contribution in [3.05, 3.63) is 59.2 Å². The standard InChI is InChI=1S/C19H18F2N4OS2/c1-2-26-16-6-5-14(20)13(17(16)21)7-9-23-18(27)25-19-24-15(11-28-19)12-4-3-8-22-10-12/h3-6,8,10-11H,2,7,9H2,1H3,(H2,23,24,25,27). The van der Waals surface area contributed by atoms with Crippen LogP contribution in [0.15, 0.2) is 42.0 Å². The number of ether oxygens (including phenoxy) is 1. The zero-order chi connectivity index (χ0) is 19.9. The maximum atomic E-state index is 14.3. The molecule has 0 amide bonds. The van der Waals surface area contributed by atoms with Gasteiger partial charge in [-0.2, -0.15) is 0 Å². The van der Waals surface area contributed by atoms with E-state index in [1.54, 1.807) is 19.3 Å². The van der Waals surface area contributed by atoms with E-state index < -0.39 is 11.6 Å². The Bertz CT molecular complexity index is 950. The summed E-state index contributed by atoms with van der Waals surface area (Å²) in [5.74, 6) is -1.24. The van der Waals surface area contributed by atoms with Crippen molar-refractivity contribution in [1.29, 1.82) is 0 Å². The molecule has 2 heterocycles. The molecule has 2 aromatic heterocycles. The molecular weight excluding hydrogens is 402 g/mol. The molecule has 0 saturated heterocycles. The minimum absolute atomic E-state index is 0.0330. The van der Waals surface area contributed by atoms with Gasteiger partial charge in [0, 0.05) is 35.4 Å². The molecule has 0 atom stereocenters. The molecule has 0 unspecified atom stereocenters. The fraction of sp³-hybridized carbons (Fsp3) is 0.211. The second kappa shape index (κ2) is 9.52. The van der Waals surface area contributed by atoms with Crippen molar-refractivity contribution >= 4 is 33.8 Å². The predicted molar refractivity (Wildman–Crippen MR) is 111 cm³/mol. The molecule has 146 valence electrons. The van der Waals surface area contributed by atoms with Crippen molar-refractivity contribution in [3.8, 4) is 17.0 Å². The highest BCUT2D eigenvalue weighted by atomic mass is 32.1. The monoisotopic (exact) mass is 420 g/mol. The fourth-order valence-corrected chi connectivity index (χ4v) is 3.48. The van der Waals surface area contributed by atoms with E-state index in [0.29, 0.717) is 16.9 Å². The third-order valence-corrected chi connectivity index (χ3v) is 4.80. The lowest BCUT2D eigenvalue weighted by molar-refractivity contribution is 0.318. The van der Waals surface area contributed by atoms with Crippen molar-refractivity contribution in [2.45, 2.75) is 13.3 Å². The molecule has 5 nitrogen and oxygen atoms in total. The summed E-state index contributed by atoms with van der Waals surface area (Å²) in [6.45, 7) is 2.31. The Labute approximate surface area is 170 Å². The molecular formula is C19H18F2N4OS2. The zero-order valence-electron chi connectivity index (χ0n) is 15.0. The van der Waals surface area contributed by atoms with Gasteiger partial charge in [0.1, 0.15) is 5.82 Å². The molecule has 9 heteroatoms. The van der Waals surface area contributed by atoms with Gasteiger partial charge in [0.15, 0.2) is 21.8 Å². The highest BCUT2D eigenvalue weighted by Crippen LogP contribution is 2.25. The molecule has 1 aromatic carbocycles. The van der Waals surface area contributed by atoms with Gasteiger partial charge < -0.3 is 15.4 Å². The van der Waals surface area contributed by atoms with Crippen LogP contribution in [-0.2, 0) is 6.42 Å². The molecule has 3 rings (SSSR count). The molecule has 2 N–H and O–H groups in total. The number of benzene rings is 1. The van der Waals surface area contributed by atoms with Crippen molar-refractivity contribution < 1.29 is 13.5 Å². The number of pyridine rings is 1. The predicted octanol–water partition coefficient (Wildman–Crippen LogP) is 4.41. The highest BCUT2D eigenvalue weighted by Gasteiger charge is 2.14. The van der Waals surface area contributed by atoms with E-state index in [9.17, 15) is 8.78 Å². The summed E-state index contributed by atoms with van der Waals surface area (Å²) in [6, 6.07) is 6.25. The highest BCUT2D eigenvalue weighted by molar-refractivity contribution is 7.80. The van der Waals surface area contributed by atoms with Crippen molar-refractivity contribution in [2.75, 3.05) is 18.5 Å². The molecule has 0 aliphatic heterocycles. The van der Waals surface area contributed by atoms with Gasteiger partial charge in [-0.15, -0.1) is 11.3 Å². The van der Waals surface area contributed by atoms with Crippen LogP contribution in [-0.4, -0.2) is 28.2 Å². The molecule has 0 aliphatic carbocycles. The van der Waals surface area contributed by atoms with Crippen LogP contribution in [0.25, 0.3) is 11.3 Å². The summed E-state index contributed by atoms with van der Waals surface area (Å²) in [5, 5.41) is 8.75. The summed E-state index contributed by atoms with van der Waals surface area (Å²) in [5.41, 5.74) is 1.67. The van der Waals surface area contributed by atoms with Crippen LogP contribution >= 0.6 is 23.6 Å².